The van der Waals surface area contributed by atoms with E-state index in [9.17, 15) is 0 Å². The summed E-state index contributed by atoms with van der Waals surface area (Å²) in [6, 6.07) is 0. The smallest absolute Gasteiger partial charge is 0.0323 e. The average Bonchev–Trinajstić information content (AvgIpc) is 1.85. The van der Waals surface area contributed by atoms with Crippen LogP contribution in [0, 0.1) is 10.8 Å². The minimum Gasteiger partial charge on any atom is -0.0649 e. The second kappa shape index (κ2) is 2.80. The highest BCUT2D eigenvalue weighted by atomic mass is 14.4. The van der Waals surface area contributed by atoms with Gasteiger partial charge in [-0.25, -0.2) is 0 Å². The summed E-state index contributed by atoms with van der Waals surface area (Å²) < 4.78 is 0. The molecule has 1 aliphatic rings. The van der Waals surface area contributed by atoms with Crippen molar-refractivity contribution in [2.24, 2.45) is 10.8 Å². The van der Waals surface area contributed by atoms with Crippen LogP contribution in [-0.4, -0.2) is 0 Å². The number of hydrogen-bond acceptors (Lipinski definition) is 0. The molecule has 66 valence electrons. The summed E-state index contributed by atoms with van der Waals surface area (Å²) in [6.07, 6.45) is 7.11. The topological polar surface area (TPSA) is 0 Å². The van der Waals surface area contributed by atoms with Crippen molar-refractivity contribution in [3.05, 3.63) is 0 Å². The Kier molecular flexibility index (Phi) is 2.32. The Bertz CT molecular complexity index is 135. The highest BCUT2D eigenvalue weighted by Crippen LogP contribution is 2.47. The molecule has 0 unspecified atom stereocenters. The maximum absolute atomic E-state index is 2.45. The lowest BCUT2D eigenvalue weighted by molar-refractivity contribution is 0.0957. The van der Waals surface area contributed by atoms with Crippen LogP contribution < -0.4 is 0 Å². The molecule has 0 heterocycles. The SMILES string of the molecule is CC[C@]1(C)CCCC(C)(C)C1. The van der Waals surface area contributed by atoms with Crippen LogP contribution in [0.3, 0.4) is 0 Å². The van der Waals surface area contributed by atoms with E-state index in [1.165, 1.54) is 32.1 Å². The molecule has 1 aliphatic carbocycles. The Labute approximate surface area is 71.4 Å². The summed E-state index contributed by atoms with van der Waals surface area (Å²) in [4.78, 5) is 0. The van der Waals surface area contributed by atoms with E-state index in [2.05, 4.69) is 27.7 Å². The van der Waals surface area contributed by atoms with Crippen LogP contribution in [0.1, 0.15) is 59.8 Å². The maximum atomic E-state index is 2.45. The number of rotatable bonds is 1. The molecule has 0 bridgehead atoms. The van der Waals surface area contributed by atoms with E-state index in [4.69, 9.17) is 0 Å². The molecule has 11 heavy (non-hydrogen) atoms. The Balaban J connectivity index is 2.59. The Morgan fingerprint density at radius 3 is 2.09 bits per heavy atom. The van der Waals surface area contributed by atoms with Crippen molar-refractivity contribution in [2.45, 2.75) is 59.8 Å². The first kappa shape index (κ1) is 9.09. The molecule has 0 nitrogen and oxygen atoms in total. The quantitative estimate of drug-likeness (QED) is 0.535. The molecule has 0 aliphatic heterocycles. The summed E-state index contributed by atoms with van der Waals surface area (Å²) in [5.41, 5.74) is 1.27. The molecule has 0 spiro atoms. The van der Waals surface area contributed by atoms with Crippen LogP contribution in [0.4, 0.5) is 0 Å². The average molecular weight is 154 g/mol. The third kappa shape index (κ3) is 2.21. The molecule has 1 fully saturated rings. The minimum atomic E-state index is 0.614. The van der Waals surface area contributed by atoms with Gasteiger partial charge in [-0.15, -0.1) is 0 Å². The first-order chi connectivity index (χ1) is 4.97. The third-order valence-corrected chi connectivity index (χ3v) is 3.39. The highest BCUT2D eigenvalue weighted by Gasteiger charge is 2.34. The zero-order valence-electron chi connectivity index (χ0n) is 8.54. The van der Waals surface area contributed by atoms with Gasteiger partial charge in [0.2, 0.25) is 0 Å². The molecule has 1 rings (SSSR count). The first-order valence-corrected chi connectivity index (χ1v) is 4.97. The molecular formula is C11H22. The summed E-state index contributed by atoms with van der Waals surface area (Å²) in [7, 11) is 0. The van der Waals surface area contributed by atoms with Crippen LogP contribution >= 0.6 is 0 Å². The fourth-order valence-electron chi connectivity index (χ4n) is 2.63. The molecule has 0 radical (unpaired) electrons. The van der Waals surface area contributed by atoms with Crippen LogP contribution in [0.25, 0.3) is 0 Å². The fraction of sp³-hybridized carbons (Fsp3) is 1.00. The van der Waals surface area contributed by atoms with Crippen molar-refractivity contribution in [3.8, 4) is 0 Å². The third-order valence-electron chi connectivity index (χ3n) is 3.39. The molecule has 0 aromatic rings. The molecule has 0 heteroatoms. The van der Waals surface area contributed by atoms with Crippen molar-refractivity contribution in [1.29, 1.82) is 0 Å². The molecule has 0 aromatic carbocycles. The van der Waals surface area contributed by atoms with Crippen molar-refractivity contribution >= 4 is 0 Å². The predicted octanol–water partition coefficient (Wildman–Crippen LogP) is 4.00. The highest BCUT2D eigenvalue weighted by molar-refractivity contribution is 4.86. The maximum Gasteiger partial charge on any atom is -0.0323 e. The largest absolute Gasteiger partial charge is 0.0649 e. The summed E-state index contributed by atoms with van der Waals surface area (Å²) >= 11 is 0. The van der Waals surface area contributed by atoms with Gasteiger partial charge in [0.25, 0.3) is 0 Å². The van der Waals surface area contributed by atoms with Crippen molar-refractivity contribution in [3.63, 3.8) is 0 Å². The predicted molar refractivity (Wildman–Crippen MR) is 50.6 cm³/mol. The molecule has 0 aromatic heterocycles. The van der Waals surface area contributed by atoms with Gasteiger partial charge in [0.1, 0.15) is 0 Å². The fourth-order valence-corrected chi connectivity index (χ4v) is 2.63. The summed E-state index contributed by atoms with van der Waals surface area (Å²) in [5, 5.41) is 0. The lowest BCUT2D eigenvalue weighted by atomic mass is 9.63. The van der Waals surface area contributed by atoms with E-state index >= 15 is 0 Å². The standard InChI is InChI=1S/C11H22/c1-5-11(4)8-6-7-10(2,3)9-11/h5-9H2,1-4H3/t11-/m1/s1. The summed E-state index contributed by atoms with van der Waals surface area (Å²) in [6.45, 7) is 9.62. The van der Waals surface area contributed by atoms with Gasteiger partial charge in [0.05, 0.1) is 0 Å². The molecule has 0 saturated heterocycles. The second-order valence-corrected chi connectivity index (χ2v) is 5.36. The second-order valence-electron chi connectivity index (χ2n) is 5.36. The first-order valence-electron chi connectivity index (χ1n) is 4.97. The Hall–Kier alpha value is 0. The van der Waals surface area contributed by atoms with Gasteiger partial charge in [-0.2, -0.15) is 0 Å². The van der Waals surface area contributed by atoms with Crippen molar-refractivity contribution < 1.29 is 0 Å². The van der Waals surface area contributed by atoms with E-state index < -0.39 is 0 Å². The lowest BCUT2D eigenvalue weighted by Crippen LogP contribution is -2.30. The molecule has 0 N–H and O–H groups in total. The van der Waals surface area contributed by atoms with Crippen molar-refractivity contribution in [2.75, 3.05) is 0 Å². The van der Waals surface area contributed by atoms with E-state index in [1.54, 1.807) is 0 Å². The normalized spacial score (nSPS) is 37.1. The van der Waals surface area contributed by atoms with E-state index in [0.29, 0.717) is 10.8 Å². The zero-order valence-corrected chi connectivity index (χ0v) is 8.54. The van der Waals surface area contributed by atoms with Crippen LogP contribution in [0.5, 0.6) is 0 Å². The Morgan fingerprint density at radius 2 is 1.73 bits per heavy atom. The van der Waals surface area contributed by atoms with Crippen LogP contribution in [0.15, 0.2) is 0 Å². The van der Waals surface area contributed by atoms with Gasteiger partial charge < -0.3 is 0 Å². The van der Waals surface area contributed by atoms with E-state index in [1.807, 2.05) is 0 Å². The summed E-state index contributed by atoms with van der Waals surface area (Å²) in [5.74, 6) is 0. The van der Waals surface area contributed by atoms with Crippen LogP contribution in [-0.2, 0) is 0 Å². The minimum absolute atomic E-state index is 0.614. The molecule has 0 amide bonds. The van der Waals surface area contributed by atoms with Gasteiger partial charge in [0.15, 0.2) is 0 Å². The van der Waals surface area contributed by atoms with E-state index in [-0.39, 0.29) is 0 Å². The monoisotopic (exact) mass is 154 g/mol. The molecular weight excluding hydrogens is 132 g/mol. The van der Waals surface area contributed by atoms with Gasteiger partial charge in [0, 0.05) is 0 Å². The van der Waals surface area contributed by atoms with E-state index in [0.717, 1.165) is 0 Å². The number of hydrogen-bond donors (Lipinski definition) is 0. The van der Waals surface area contributed by atoms with Gasteiger partial charge >= 0.3 is 0 Å². The Morgan fingerprint density at radius 1 is 1.09 bits per heavy atom. The van der Waals surface area contributed by atoms with Gasteiger partial charge in [-0.05, 0) is 30.1 Å². The van der Waals surface area contributed by atoms with Gasteiger partial charge in [-0.3, -0.25) is 0 Å². The molecule has 1 atom stereocenters. The van der Waals surface area contributed by atoms with Crippen LogP contribution in [0.2, 0.25) is 0 Å². The zero-order chi connectivity index (χ0) is 8.54. The lowest BCUT2D eigenvalue weighted by Gasteiger charge is -2.42. The van der Waals surface area contributed by atoms with Crippen molar-refractivity contribution in [1.82, 2.24) is 0 Å². The molecule has 1 saturated carbocycles. The van der Waals surface area contributed by atoms with Gasteiger partial charge in [-0.1, -0.05) is 40.5 Å².